The third kappa shape index (κ3) is 2.76. The molecule has 2 rings (SSSR count). The van der Waals surface area contributed by atoms with Crippen LogP contribution in [0.1, 0.15) is 18.9 Å². The van der Waals surface area contributed by atoms with Crippen LogP contribution in [0.15, 0.2) is 18.2 Å². The first-order valence-electron chi connectivity index (χ1n) is 6.21. The normalized spacial score (nSPS) is 23.1. The molecule has 1 N–H and O–H groups in total. The largest absolute Gasteiger partial charge is 0.493 e. The van der Waals surface area contributed by atoms with E-state index in [2.05, 4.69) is 12.2 Å². The summed E-state index contributed by atoms with van der Waals surface area (Å²) in [6.07, 6.45) is 1.04. The molecule has 1 heterocycles. The van der Waals surface area contributed by atoms with Gasteiger partial charge in [0.15, 0.2) is 11.5 Å². The minimum absolute atomic E-state index is 0.0636. The quantitative estimate of drug-likeness (QED) is 0.868. The van der Waals surface area contributed by atoms with Gasteiger partial charge in [-0.3, -0.25) is 0 Å². The van der Waals surface area contributed by atoms with Crippen LogP contribution in [-0.4, -0.2) is 33.0 Å². The Morgan fingerprint density at radius 2 is 2.17 bits per heavy atom. The Morgan fingerprint density at radius 3 is 2.78 bits per heavy atom. The molecule has 0 saturated carbocycles. The lowest BCUT2D eigenvalue weighted by atomic mass is 10.0. The van der Waals surface area contributed by atoms with Crippen molar-refractivity contribution in [3.63, 3.8) is 0 Å². The molecule has 1 fully saturated rings. The Bertz CT molecular complexity index is 400. The highest BCUT2D eigenvalue weighted by Crippen LogP contribution is 2.31. The van der Waals surface area contributed by atoms with Gasteiger partial charge in [0.2, 0.25) is 0 Å². The van der Waals surface area contributed by atoms with E-state index >= 15 is 0 Å². The van der Waals surface area contributed by atoms with E-state index in [1.54, 1.807) is 14.2 Å². The molecule has 0 aliphatic carbocycles. The molecule has 0 amide bonds. The number of para-hydroxylation sites is 1. The summed E-state index contributed by atoms with van der Waals surface area (Å²) in [5.41, 5.74) is 1.17. The van der Waals surface area contributed by atoms with Crippen molar-refractivity contribution in [3.8, 4) is 11.5 Å². The fourth-order valence-corrected chi connectivity index (χ4v) is 2.21. The van der Waals surface area contributed by atoms with Crippen LogP contribution in [0.25, 0.3) is 0 Å². The Hall–Kier alpha value is -1.26. The summed E-state index contributed by atoms with van der Waals surface area (Å²) in [7, 11) is 3.32. The molecular weight excluding hydrogens is 230 g/mol. The lowest BCUT2D eigenvalue weighted by Gasteiger charge is -2.24. The third-order valence-electron chi connectivity index (χ3n) is 3.41. The van der Waals surface area contributed by atoms with E-state index in [1.807, 2.05) is 18.2 Å². The van der Waals surface area contributed by atoms with Crippen molar-refractivity contribution < 1.29 is 14.2 Å². The number of hydrogen-bond donors (Lipinski definition) is 1. The Kier molecular flexibility index (Phi) is 4.09. The molecule has 1 atom stereocenters. The predicted octanol–water partition coefficient (Wildman–Crippen LogP) is 1.97. The van der Waals surface area contributed by atoms with Crippen LogP contribution in [0.3, 0.4) is 0 Å². The van der Waals surface area contributed by atoms with Crippen molar-refractivity contribution in [2.24, 2.45) is 0 Å². The van der Waals surface area contributed by atoms with Crippen LogP contribution in [0, 0.1) is 0 Å². The van der Waals surface area contributed by atoms with Gasteiger partial charge in [0.1, 0.15) is 0 Å². The van der Waals surface area contributed by atoms with Crippen molar-refractivity contribution >= 4 is 0 Å². The molecule has 0 aromatic heterocycles. The number of rotatable bonds is 5. The molecule has 100 valence electrons. The lowest BCUT2D eigenvalue weighted by Crippen LogP contribution is -2.42. The molecule has 18 heavy (non-hydrogen) atoms. The number of nitrogens with one attached hydrogen (secondary N) is 1. The van der Waals surface area contributed by atoms with Crippen LogP contribution in [0.4, 0.5) is 0 Å². The molecule has 0 radical (unpaired) electrons. The summed E-state index contributed by atoms with van der Waals surface area (Å²) in [4.78, 5) is 0. The molecule has 1 saturated heterocycles. The second-order valence-electron chi connectivity index (χ2n) is 4.87. The van der Waals surface area contributed by atoms with Crippen molar-refractivity contribution in [1.82, 2.24) is 5.32 Å². The van der Waals surface area contributed by atoms with E-state index in [0.29, 0.717) is 0 Å². The van der Waals surface area contributed by atoms with Crippen LogP contribution in [0.5, 0.6) is 11.5 Å². The van der Waals surface area contributed by atoms with E-state index in [1.165, 1.54) is 0 Å². The molecule has 0 spiro atoms. The van der Waals surface area contributed by atoms with Crippen molar-refractivity contribution in [2.45, 2.75) is 25.4 Å². The first kappa shape index (κ1) is 13.2. The maximum atomic E-state index is 5.43. The molecule has 4 nitrogen and oxygen atoms in total. The number of hydrogen-bond acceptors (Lipinski definition) is 4. The summed E-state index contributed by atoms with van der Waals surface area (Å²) >= 11 is 0. The first-order chi connectivity index (χ1) is 8.68. The maximum Gasteiger partial charge on any atom is 0.165 e. The smallest absolute Gasteiger partial charge is 0.165 e. The second-order valence-corrected chi connectivity index (χ2v) is 4.87. The molecule has 1 unspecified atom stereocenters. The van der Waals surface area contributed by atoms with Gasteiger partial charge in [-0.05, 0) is 19.4 Å². The van der Waals surface area contributed by atoms with Gasteiger partial charge in [-0.25, -0.2) is 0 Å². The Balaban J connectivity index is 2.09. The zero-order chi connectivity index (χ0) is 13.0. The van der Waals surface area contributed by atoms with Gasteiger partial charge in [0.25, 0.3) is 0 Å². The van der Waals surface area contributed by atoms with E-state index < -0.39 is 0 Å². The monoisotopic (exact) mass is 251 g/mol. The number of methoxy groups -OCH3 is 2. The van der Waals surface area contributed by atoms with E-state index in [9.17, 15) is 0 Å². The van der Waals surface area contributed by atoms with Crippen LogP contribution >= 0.6 is 0 Å². The van der Waals surface area contributed by atoms with Crippen LogP contribution < -0.4 is 14.8 Å². The molecular formula is C14H21NO3. The van der Waals surface area contributed by atoms with Gasteiger partial charge in [-0.15, -0.1) is 0 Å². The van der Waals surface area contributed by atoms with Crippen LogP contribution in [0.2, 0.25) is 0 Å². The number of ether oxygens (including phenoxy) is 3. The highest BCUT2D eigenvalue weighted by atomic mass is 16.5. The summed E-state index contributed by atoms with van der Waals surface area (Å²) in [5, 5.41) is 3.54. The molecule has 0 bridgehead atoms. The average Bonchev–Trinajstić information content (AvgIpc) is 2.83. The SMILES string of the molecule is COc1cccc(CNC2(C)CCOC2)c1OC. The topological polar surface area (TPSA) is 39.7 Å². The molecule has 1 aliphatic rings. The van der Waals surface area contributed by atoms with Gasteiger partial charge in [-0.1, -0.05) is 12.1 Å². The first-order valence-corrected chi connectivity index (χ1v) is 6.21. The summed E-state index contributed by atoms with van der Waals surface area (Å²) < 4.78 is 16.1. The van der Waals surface area contributed by atoms with Gasteiger partial charge in [-0.2, -0.15) is 0 Å². The molecule has 1 aromatic rings. The van der Waals surface area contributed by atoms with E-state index in [-0.39, 0.29) is 5.54 Å². The van der Waals surface area contributed by atoms with Crippen LogP contribution in [-0.2, 0) is 11.3 Å². The van der Waals surface area contributed by atoms with Gasteiger partial charge < -0.3 is 19.5 Å². The predicted molar refractivity (Wildman–Crippen MR) is 70.2 cm³/mol. The van der Waals surface area contributed by atoms with Gasteiger partial charge in [0, 0.05) is 24.3 Å². The standard InChI is InChI=1S/C14H21NO3/c1-14(7-8-18-10-14)15-9-11-5-4-6-12(16-2)13(11)17-3/h4-6,15H,7-10H2,1-3H3. The minimum atomic E-state index is 0.0636. The number of benzene rings is 1. The maximum absolute atomic E-state index is 5.43. The zero-order valence-corrected chi connectivity index (χ0v) is 11.3. The fraction of sp³-hybridized carbons (Fsp3) is 0.571. The molecule has 1 aromatic carbocycles. The Labute approximate surface area is 108 Å². The molecule has 1 aliphatic heterocycles. The Morgan fingerprint density at radius 1 is 1.33 bits per heavy atom. The third-order valence-corrected chi connectivity index (χ3v) is 3.41. The summed E-state index contributed by atoms with van der Waals surface area (Å²) in [6.45, 7) is 4.53. The van der Waals surface area contributed by atoms with Crippen molar-refractivity contribution in [2.75, 3.05) is 27.4 Å². The zero-order valence-electron chi connectivity index (χ0n) is 11.3. The highest BCUT2D eigenvalue weighted by Gasteiger charge is 2.29. The average molecular weight is 251 g/mol. The van der Waals surface area contributed by atoms with Crippen molar-refractivity contribution in [3.05, 3.63) is 23.8 Å². The van der Waals surface area contributed by atoms with Gasteiger partial charge in [0.05, 0.1) is 20.8 Å². The van der Waals surface area contributed by atoms with Crippen molar-refractivity contribution in [1.29, 1.82) is 0 Å². The highest BCUT2D eigenvalue weighted by molar-refractivity contribution is 5.46. The summed E-state index contributed by atoms with van der Waals surface area (Å²) in [6, 6.07) is 5.93. The lowest BCUT2D eigenvalue weighted by molar-refractivity contribution is 0.171. The molecule has 4 heteroatoms. The fourth-order valence-electron chi connectivity index (χ4n) is 2.21. The summed E-state index contributed by atoms with van der Waals surface area (Å²) in [5.74, 6) is 1.57. The second kappa shape index (κ2) is 5.59. The van der Waals surface area contributed by atoms with E-state index in [0.717, 1.165) is 43.2 Å². The minimum Gasteiger partial charge on any atom is -0.493 e. The van der Waals surface area contributed by atoms with E-state index in [4.69, 9.17) is 14.2 Å². The van der Waals surface area contributed by atoms with Gasteiger partial charge >= 0.3 is 0 Å².